The lowest BCUT2D eigenvalue weighted by Crippen LogP contribution is -2.42. The van der Waals surface area contributed by atoms with Gasteiger partial charge in [-0.3, -0.25) is 19.6 Å². The average Bonchev–Trinajstić information content (AvgIpc) is 3.36. The number of pyridine rings is 1. The number of benzene rings is 1. The molecular formula is C22H28N5O+. The van der Waals surface area contributed by atoms with Gasteiger partial charge in [0.2, 0.25) is 5.91 Å². The van der Waals surface area contributed by atoms with Gasteiger partial charge in [0.15, 0.2) is 0 Å². The second kappa shape index (κ2) is 7.76. The highest BCUT2D eigenvalue weighted by Crippen LogP contribution is 2.25. The summed E-state index contributed by atoms with van der Waals surface area (Å²) in [5, 5.41) is 1.17. The van der Waals surface area contributed by atoms with Crippen molar-refractivity contribution in [3.8, 4) is 6.57 Å². The number of carbonyl (C=O) groups is 1. The molecule has 2 atom stereocenters. The molecule has 3 heterocycles. The van der Waals surface area contributed by atoms with E-state index in [1.807, 2.05) is 11.1 Å². The highest BCUT2D eigenvalue weighted by atomic mass is 16.2. The average molecular weight is 379 g/mol. The van der Waals surface area contributed by atoms with Crippen molar-refractivity contribution in [2.75, 3.05) is 38.1 Å². The van der Waals surface area contributed by atoms with Crippen LogP contribution in [0.25, 0.3) is 15.7 Å². The molecule has 0 unspecified atom stereocenters. The molecule has 2 saturated heterocycles. The van der Waals surface area contributed by atoms with Crippen molar-refractivity contribution in [3.05, 3.63) is 40.9 Å². The Bertz CT molecular complexity index is 921. The number of likely N-dealkylation sites (tertiary alicyclic amines) is 2. The molecule has 1 aromatic heterocycles. The summed E-state index contributed by atoms with van der Waals surface area (Å²) < 4.78 is 0. The Morgan fingerprint density at radius 2 is 2.18 bits per heavy atom. The van der Waals surface area contributed by atoms with Crippen molar-refractivity contribution in [2.24, 2.45) is 0 Å². The molecule has 2 fully saturated rings. The predicted octanol–water partition coefficient (Wildman–Crippen LogP) is 2.96. The Hall–Kier alpha value is -2.65. The molecule has 4 rings (SSSR count). The third-order valence-electron chi connectivity index (χ3n) is 6.10. The lowest BCUT2D eigenvalue weighted by atomic mass is 10.1. The number of likely N-dealkylation sites (N-methyl/N-ethyl adjacent to an activating group) is 1. The van der Waals surface area contributed by atoms with E-state index < -0.39 is 0 Å². The van der Waals surface area contributed by atoms with E-state index in [0.29, 0.717) is 12.6 Å². The Kier molecular flexibility index (Phi) is 5.19. The topological polar surface area (TPSA) is 44.0 Å². The van der Waals surface area contributed by atoms with Crippen molar-refractivity contribution in [1.29, 1.82) is 0 Å². The Morgan fingerprint density at radius 3 is 3.00 bits per heavy atom. The first kappa shape index (κ1) is 18.7. The summed E-state index contributed by atoms with van der Waals surface area (Å²) in [7, 11) is 2.12. The largest absolute Gasteiger partial charge is 0.369 e. The van der Waals surface area contributed by atoms with Crippen LogP contribution in [-0.4, -0.2) is 66.1 Å². The lowest BCUT2D eigenvalue weighted by molar-refractivity contribution is -0.132. The zero-order chi connectivity index (χ0) is 19.7. The number of carbonyl (C=O) groups excluding carboxylic acids is 1. The normalized spacial score (nSPS) is 22.5. The fourth-order valence-corrected chi connectivity index (χ4v) is 4.39. The van der Waals surface area contributed by atoms with E-state index >= 15 is 0 Å². The first-order valence-electron chi connectivity index (χ1n) is 10.1. The molecule has 2 aliphatic heterocycles. The minimum Gasteiger partial charge on any atom is -0.369 e. The lowest BCUT2D eigenvalue weighted by Gasteiger charge is -2.27. The number of nitrogens with zero attached hydrogens (tertiary/aromatic N) is 5. The molecule has 2 aromatic rings. The van der Waals surface area contributed by atoms with Crippen molar-refractivity contribution in [3.63, 3.8) is 0 Å². The minimum absolute atomic E-state index is 0.138. The molecule has 28 heavy (non-hydrogen) atoms. The van der Waals surface area contributed by atoms with Crippen LogP contribution < -0.4 is 4.90 Å². The summed E-state index contributed by atoms with van der Waals surface area (Å²) in [6.07, 6.45) is 4.71. The zero-order valence-electron chi connectivity index (χ0n) is 16.7. The standard InChI is InChI=1S/C22H28N5O/c1-16-6-7-20-17(11-16)12-19(13-24-20)25(3)18-8-10-26(14-18)15-22(28)27-9-4-5-21(27)23-2/h2,6-7,11-13,18,21H,4-5,8-10,14-15H2,1,3H3/q+1/t18-,21-/m0/s1. The molecule has 146 valence electrons. The van der Waals surface area contributed by atoms with E-state index in [0.717, 1.165) is 50.1 Å². The molecule has 0 spiro atoms. The van der Waals surface area contributed by atoms with E-state index in [1.165, 1.54) is 10.9 Å². The van der Waals surface area contributed by atoms with Crippen LogP contribution in [0.1, 0.15) is 24.8 Å². The quantitative estimate of drug-likeness (QED) is 0.821. The maximum Gasteiger partial charge on any atom is 0.349 e. The number of amides is 1. The van der Waals surface area contributed by atoms with E-state index in [1.54, 1.807) is 0 Å². The molecule has 1 amide bonds. The zero-order valence-corrected chi connectivity index (χ0v) is 16.7. The van der Waals surface area contributed by atoms with Crippen molar-refractivity contribution in [1.82, 2.24) is 14.8 Å². The van der Waals surface area contributed by atoms with Crippen LogP contribution in [0.15, 0.2) is 30.5 Å². The molecule has 1 aromatic carbocycles. The van der Waals surface area contributed by atoms with Crippen LogP contribution in [0.3, 0.4) is 0 Å². The predicted molar refractivity (Wildman–Crippen MR) is 113 cm³/mol. The maximum absolute atomic E-state index is 12.6. The Labute approximate surface area is 166 Å². The summed E-state index contributed by atoms with van der Waals surface area (Å²) in [4.78, 5) is 27.5. The number of aromatic nitrogens is 1. The van der Waals surface area contributed by atoms with Gasteiger partial charge < -0.3 is 4.90 Å². The first-order valence-corrected chi connectivity index (χ1v) is 10.1. The highest BCUT2D eigenvalue weighted by Gasteiger charge is 2.37. The van der Waals surface area contributed by atoms with Crippen LogP contribution in [0.4, 0.5) is 5.69 Å². The van der Waals surface area contributed by atoms with E-state index in [2.05, 4.69) is 57.9 Å². The fourth-order valence-electron chi connectivity index (χ4n) is 4.39. The number of aryl methyl sites for hydroxylation is 1. The summed E-state index contributed by atoms with van der Waals surface area (Å²) >= 11 is 0. The monoisotopic (exact) mass is 378 g/mol. The molecule has 0 aliphatic carbocycles. The highest BCUT2D eigenvalue weighted by molar-refractivity contribution is 5.82. The molecule has 0 saturated carbocycles. The molecule has 2 aliphatic rings. The molecule has 6 nitrogen and oxygen atoms in total. The van der Waals surface area contributed by atoms with Gasteiger partial charge in [-0.2, -0.15) is 0 Å². The van der Waals surface area contributed by atoms with Gasteiger partial charge in [0.1, 0.15) is 0 Å². The molecular weight excluding hydrogens is 350 g/mol. The smallest absolute Gasteiger partial charge is 0.349 e. The van der Waals surface area contributed by atoms with Crippen LogP contribution >= 0.6 is 0 Å². The van der Waals surface area contributed by atoms with Gasteiger partial charge in [0, 0.05) is 38.1 Å². The summed E-state index contributed by atoms with van der Waals surface area (Å²) in [6, 6.07) is 8.92. The second-order valence-electron chi connectivity index (χ2n) is 8.04. The van der Waals surface area contributed by atoms with Gasteiger partial charge >= 0.3 is 6.17 Å². The molecule has 6 heteroatoms. The number of hydrogen-bond acceptors (Lipinski definition) is 4. The van der Waals surface area contributed by atoms with E-state index in [4.69, 9.17) is 6.57 Å². The first-order chi connectivity index (χ1) is 13.5. The number of anilines is 1. The van der Waals surface area contributed by atoms with Gasteiger partial charge in [-0.05, 0) is 38.0 Å². The van der Waals surface area contributed by atoms with Crippen molar-refractivity contribution in [2.45, 2.75) is 38.4 Å². The van der Waals surface area contributed by atoms with Crippen LogP contribution in [0, 0.1) is 13.5 Å². The number of hydrogen-bond donors (Lipinski definition) is 0. The Balaban J connectivity index is 1.40. The summed E-state index contributed by atoms with van der Waals surface area (Å²) in [5.74, 6) is 0.142. The van der Waals surface area contributed by atoms with Crippen LogP contribution in [0.2, 0.25) is 0 Å². The van der Waals surface area contributed by atoms with Gasteiger partial charge in [-0.25, -0.2) is 0 Å². The Morgan fingerprint density at radius 1 is 1.32 bits per heavy atom. The van der Waals surface area contributed by atoms with Gasteiger partial charge in [0.25, 0.3) is 6.57 Å². The van der Waals surface area contributed by atoms with Gasteiger partial charge in [-0.1, -0.05) is 16.5 Å². The van der Waals surface area contributed by atoms with E-state index in [-0.39, 0.29) is 12.1 Å². The number of rotatable bonds is 4. The van der Waals surface area contributed by atoms with Crippen molar-refractivity contribution >= 4 is 22.5 Å². The van der Waals surface area contributed by atoms with Crippen LogP contribution in [-0.2, 0) is 4.79 Å². The van der Waals surface area contributed by atoms with E-state index in [9.17, 15) is 4.79 Å². The van der Waals surface area contributed by atoms with Gasteiger partial charge in [0.05, 0.1) is 30.4 Å². The third kappa shape index (κ3) is 3.67. The fraction of sp³-hybridized carbons (Fsp3) is 0.500. The number of fused-ring (bicyclic) bond motifs is 1. The maximum atomic E-state index is 12.6. The molecule has 0 bridgehead atoms. The van der Waals surface area contributed by atoms with Gasteiger partial charge in [-0.15, -0.1) is 0 Å². The van der Waals surface area contributed by atoms with Crippen LogP contribution in [0.5, 0.6) is 0 Å². The third-order valence-corrected chi connectivity index (χ3v) is 6.10. The SMILES string of the molecule is C#[N+][C@@H]1CCCN1C(=O)CN1CC[C@H](N(C)c2cnc3ccc(C)cc3c2)C1. The summed E-state index contributed by atoms with van der Waals surface area (Å²) in [5.41, 5.74) is 3.38. The second-order valence-corrected chi connectivity index (χ2v) is 8.04. The summed E-state index contributed by atoms with van der Waals surface area (Å²) in [6.45, 7) is 10.6. The molecule has 0 radical (unpaired) electrons. The van der Waals surface area contributed by atoms with Crippen molar-refractivity contribution < 1.29 is 4.79 Å². The molecule has 0 N–H and O–H groups in total. The minimum atomic E-state index is -0.138.